The lowest BCUT2D eigenvalue weighted by molar-refractivity contribution is -0.118. The van der Waals surface area contributed by atoms with Gasteiger partial charge in [0.05, 0.1) is 30.5 Å². The van der Waals surface area contributed by atoms with Crippen LogP contribution in [0.5, 0.6) is 0 Å². The highest BCUT2D eigenvalue weighted by molar-refractivity contribution is 6.33. The van der Waals surface area contributed by atoms with Crippen molar-refractivity contribution in [1.82, 2.24) is 4.90 Å². The number of hydrogen-bond acceptors (Lipinski definition) is 3. The van der Waals surface area contributed by atoms with Crippen molar-refractivity contribution in [2.75, 3.05) is 38.2 Å². The van der Waals surface area contributed by atoms with E-state index in [9.17, 15) is 4.79 Å². The summed E-state index contributed by atoms with van der Waals surface area (Å²) in [7, 11) is 0. The zero-order chi connectivity index (χ0) is 12.1. The summed E-state index contributed by atoms with van der Waals surface area (Å²) in [5, 5.41) is 3.36. The second-order valence-corrected chi connectivity index (χ2v) is 4.32. The van der Waals surface area contributed by atoms with Crippen molar-refractivity contribution >= 4 is 35.6 Å². The lowest BCUT2D eigenvalue weighted by Gasteiger charge is -2.25. The van der Waals surface area contributed by atoms with Crippen LogP contribution in [-0.2, 0) is 9.53 Å². The number of nitrogens with one attached hydrogen (secondary N) is 1. The minimum absolute atomic E-state index is 0. The largest absolute Gasteiger partial charge is 0.379 e. The molecule has 0 aliphatic carbocycles. The van der Waals surface area contributed by atoms with Crippen LogP contribution >= 0.6 is 24.0 Å². The standard InChI is InChI=1S/C12H15ClN2O2.ClH/c13-10-3-1-2-4-11(10)14-12(16)9-15-5-7-17-8-6-15;/h1-4H,5-9H2,(H,14,16);1H. The number of carbonyl (C=O) groups is 1. The van der Waals surface area contributed by atoms with Crippen LogP contribution in [0, 0.1) is 0 Å². The van der Waals surface area contributed by atoms with E-state index in [0.29, 0.717) is 30.5 Å². The molecular formula is C12H16Cl2N2O2. The topological polar surface area (TPSA) is 41.6 Å². The number of carbonyl (C=O) groups excluding carboxylic acids is 1. The van der Waals surface area contributed by atoms with E-state index in [2.05, 4.69) is 10.2 Å². The first-order chi connectivity index (χ1) is 8.25. The zero-order valence-electron chi connectivity index (χ0n) is 9.89. The van der Waals surface area contributed by atoms with Gasteiger partial charge in [-0.3, -0.25) is 9.69 Å². The lowest BCUT2D eigenvalue weighted by Crippen LogP contribution is -2.41. The van der Waals surface area contributed by atoms with Gasteiger partial charge >= 0.3 is 0 Å². The van der Waals surface area contributed by atoms with E-state index in [1.54, 1.807) is 12.1 Å². The van der Waals surface area contributed by atoms with Crippen molar-refractivity contribution in [3.63, 3.8) is 0 Å². The number of hydrogen-bond donors (Lipinski definition) is 1. The van der Waals surface area contributed by atoms with E-state index >= 15 is 0 Å². The molecule has 0 atom stereocenters. The van der Waals surface area contributed by atoms with Crippen LogP contribution < -0.4 is 5.32 Å². The molecule has 2 rings (SSSR count). The SMILES string of the molecule is Cl.O=C(CN1CCOCC1)Nc1ccccc1Cl. The molecule has 0 aromatic heterocycles. The Labute approximate surface area is 118 Å². The summed E-state index contributed by atoms with van der Waals surface area (Å²) in [6.07, 6.45) is 0. The van der Waals surface area contributed by atoms with Gasteiger partial charge in [0.15, 0.2) is 0 Å². The number of morpholine rings is 1. The maximum absolute atomic E-state index is 11.8. The molecule has 1 N–H and O–H groups in total. The second kappa shape index (κ2) is 7.59. The van der Waals surface area contributed by atoms with E-state index < -0.39 is 0 Å². The molecule has 1 fully saturated rings. The maximum Gasteiger partial charge on any atom is 0.238 e. The monoisotopic (exact) mass is 290 g/mol. The van der Waals surface area contributed by atoms with Gasteiger partial charge in [-0.15, -0.1) is 12.4 Å². The molecule has 1 aromatic rings. The van der Waals surface area contributed by atoms with E-state index in [1.165, 1.54) is 0 Å². The predicted octanol–water partition coefficient (Wildman–Crippen LogP) is 2.03. The quantitative estimate of drug-likeness (QED) is 0.926. The van der Waals surface area contributed by atoms with Crippen molar-refractivity contribution in [1.29, 1.82) is 0 Å². The Morgan fingerprint density at radius 2 is 2.00 bits per heavy atom. The van der Waals surface area contributed by atoms with E-state index in [-0.39, 0.29) is 18.3 Å². The molecular weight excluding hydrogens is 275 g/mol. The number of benzene rings is 1. The van der Waals surface area contributed by atoms with E-state index in [4.69, 9.17) is 16.3 Å². The molecule has 18 heavy (non-hydrogen) atoms. The Balaban J connectivity index is 0.00000162. The molecule has 0 spiro atoms. The molecule has 1 aliphatic rings. The summed E-state index contributed by atoms with van der Waals surface area (Å²) >= 11 is 5.96. The van der Waals surface area contributed by atoms with Crippen LogP contribution in [0.4, 0.5) is 5.69 Å². The predicted molar refractivity (Wildman–Crippen MR) is 74.6 cm³/mol. The fraction of sp³-hybridized carbons (Fsp3) is 0.417. The highest BCUT2D eigenvalue weighted by Gasteiger charge is 2.14. The molecule has 4 nitrogen and oxygen atoms in total. The highest BCUT2D eigenvalue weighted by Crippen LogP contribution is 2.20. The van der Waals surface area contributed by atoms with E-state index in [0.717, 1.165) is 13.1 Å². The van der Waals surface area contributed by atoms with Gasteiger partial charge in [-0.2, -0.15) is 0 Å². The van der Waals surface area contributed by atoms with Crippen molar-refractivity contribution in [3.8, 4) is 0 Å². The third-order valence-electron chi connectivity index (χ3n) is 2.62. The van der Waals surface area contributed by atoms with Gasteiger partial charge in [0.1, 0.15) is 0 Å². The minimum atomic E-state index is -0.0417. The van der Waals surface area contributed by atoms with Gasteiger partial charge < -0.3 is 10.1 Å². The normalized spacial score (nSPS) is 15.8. The molecule has 0 saturated carbocycles. The molecule has 1 aromatic carbocycles. The van der Waals surface area contributed by atoms with Crippen molar-refractivity contribution in [2.45, 2.75) is 0 Å². The number of nitrogens with zero attached hydrogens (tertiary/aromatic N) is 1. The summed E-state index contributed by atoms with van der Waals surface area (Å²) < 4.78 is 5.22. The molecule has 1 heterocycles. The van der Waals surface area contributed by atoms with Gasteiger partial charge in [-0.1, -0.05) is 23.7 Å². The molecule has 0 radical (unpaired) electrons. The van der Waals surface area contributed by atoms with Crippen LogP contribution in [0.3, 0.4) is 0 Å². The van der Waals surface area contributed by atoms with Crippen molar-refractivity contribution in [3.05, 3.63) is 29.3 Å². The van der Waals surface area contributed by atoms with Gasteiger partial charge in [0.2, 0.25) is 5.91 Å². The summed E-state index contributed by atoms with van der Waals surface area (Å²) in [4.78, 5) is 13.8. The minimum Gasteiger partial charge on any atom is -0.379 e. The third kappa shape index (κ3) is 4.46. The van der Waals surface area contributed by atoms with Gasteiger partial charge in [-0.25, -0.2) is 0 Å². The average molecular weight is 291 g/mol. The Hall–Kier alpha value is -0.810. The Morgan fingerprint density at radius 3 is 2.67 bits per heavy atom. The Bertz CT molecular complexity index is 395. The fourth-order valence-corrected chi connectivity index (χ4v) is 1.90. The average Bonchev–Trinajstić information content (AvgIpc) is 2.33. The Kier molecular flexibility index (Phi) is 6.43. The number of amides is 1. The van der Waals surface area contributed by atoms with Crippen molar-refractivity contribution < 1.29 is 9.53 Å². The number of para-hydroxylation sites is 1. The Morgan fingerprint density at radius 1 is 1.33 bits per heavy atom. The summed E-state index contributed by atoms with van der Waals surface area (Å²) in [6, 6.07) is 7.22. The summed E-state index contributed by atoms with van der Waals surface area (Å²) in [5.41, 5.74) is 0.660. The number of anilines is 1. The van der Waals surface area contributed by atoms with Crippen molar-refractivity contribution in [2.24, 2.45) is 0 Å². The van der Waals surface area contributed by atoms with Crippen LogP contribution in [-0.4, -0.2) is 43.7 Å². The second-order valence-electron chi connectivity index (χ2n) is 3.92. The molecule has 0 bridgehead atoms. The number of rotatable bonds is 3. The molecule has 1 saturated heterocycles. The first-order valence-corrected chi connectivity index (χ1v) is 5.98. The smallest absolute Gasteiger partial charge is 0.238 e. The van der Waals surface area contributed by atoms with Gasteiger partial charge in [0, 0.05) is 13.1 Å². The maximum atomic E-state index is 11.8. The number of ether oxygens (including phenoxy) is 1. The zero-order valence-corrected chi connectivity index (χ0v) is 11.5. The first kappa shape index (κ1) is 15.2. The van der Waals surface area contributed by atoms with Crippen LogP contribution in [0.15, 0.2) is 24.3 Å². The van der Waals surface area contributed by atoms with Gasteiger partial charge in [-0.05, 0) is 12.1 Å². The molecule has 0 unspecified atom stereocenters. The molecule has 100 valence electrons. The summed E-state index contributed by atoms with van der Waals surface area (Å²) in [6.45, 7) is 3.37. The van der Waals surface area contributed by atoms with E-state index in [1.807, 2.05) is 12.1 Å². The lowest BCUT2D eigenvalue weighted by atomic mass is 10.3. The van der Waals surface area contributed by atoms with Crippen LogP contribution in [0.1, 0.15) is 0 Å². The highest BCUT2D eigenvalue weighted by atomic mass is 35.5. The summed E-state index contributed by atoms with van der Waals surface area (Å²) in [5.74, 6) is -0.0417. The van der Waals surface area contributed by atoms with Crippen LogP contribution in [0.2, 0.25) is 5.02 Å². The molecule has 1 amide bonds. The molecule has 6 heteroatoms. The number of halogens is 2. The molecule has 1 aliphatic heterocycles. The van der Waals surface area contributed by atoms with Crippen LogP contribution in [0.25, 0.3) is 0 Å². The van der Waals surface area contributed by atoms with Gasteiger partial charge in [0.25, 0.3) is 0 Å². The third-order valence-corrected chi connectivity index (χ3v) is 2.95. The first-order valence-electron chi connectivity index (χ1n) is 5.60. The fourth-order valence-electron chi connectivity index (χ4n) is 1.71.